The van der Waals surface area contributed by atoms with E-state index in [4.69, 9.17) is 15.9 Å². The molecule has 0 saturated carbocycles. The van der Waals surface area contributed by atoms with Crippen molar-refractivity contribution in [1.82, 2.24) is 4.72 Å². The quantitative estimate of drug-likeness (QED) is 0.523. The number of nitrogens with two attached hydrogens (primary N) is 1. The fourth-order valence-electron chi connectivity index (χ4n) is 1.20. The van der Waals surface area contributed by atoms with Crippen LogP contribution in [0.25, 0.3) is 0 Å². The van der Waals surface area contributed by atoms with Crippen LogP contribution in [-0.2, 0) is 14.8 Å². The van der Waals surface area contributed by atoms with E-state index in [1.165, 1.54) is 6.92 Å². The zero-order valence-corrected chi connectivity index (χ0v) is 11.4. The largest absolute Gasteiger partial charge is 0.477 e. The third-order valence-electron chi connectivity index (χ3n) is 2.17. The summed E-state index contributed by atoms with van der Waals surface area (Å²) >= 11 is 0.817. The molecule has 19 heavy (non-hydrogen) atoms. The van der Waals surface area contributed by atoms with Crippen LogP contribution in [0.5, 0.6) is 0 Å². The molecule has 1 atom stereocenters. The zero-order chi connectivity index (χ0) is 14.8. The monoisotopic (exact) mass is 308 g/mol. The molecule has 0 radical (unpaired) electrons. The maximum Gasteiger partial charge on any atom is 0.345 e. The first-order valence-corrected chi connectivity index (χ1v) is 7.26. The number of thiophene rings is 1. The van der Waals surface area contributed by atoms with Crippen molar-refractivity contribution in [2.24, 2.45) is 5.73 Å². The minimum absolute atomic E-state index is 0.117. The number of carbonyl (C=O) groups excluding carboxylic acids is 1. The van der Waals surface area contributed by atoms with Crippen molar-refractivity contribution in [3.8, 4) is 0 Å². The lowest BCUT2D eigenvalue weighted by Crippen LogP contribution is -2.39. The Labute approximate surface area is 112 Å². The number of aliphatic hydroxyl groups excluding tert-OH is 1. The Balaban J connectivity index is 2.95. The van der Waals surface area contributed by atoms with Crippen LogP contribution >= 0.6 is 11.3 Å². The highest BCUT2D eigenvalue weighted by molar-refractivity contribution is 7.89. The number of carboxylic acids is 1. The topological polar surface area (TPSA) is 147 Å². The molecule has 5 N–H and O–H groups in total. The molecule has 0 aliphatic rings. The summed E-state index contributed by atoms with van der Waals surface area (Å²) in [4.78, 5) is 21.3. The SMILES string of the molecule is Cc1sc(C(=O)O)cc1S(=O)(=O)NCC(O)C(N)=O. The van der Waals surface area contributed by atoms with Gasteiger partial charge in [0.05, 0.1) is 4.90 Å². The van der Waals surface area contributed by atoms with Crippen LogP contribution < -0.4 is 10.5 Å². The first-order chi connectivity index (χ1) is 8.65. The molecule has 1 rings (SSSR count). The second-order valence-corrected chi connectivity index (χ2v) is 6.60. The molecule has 1 aromatic heterocycles. The smallest absolute Gasteiger partial charge is 0.345 e. The highest BCUT2D eigenvalue weighted by atomic mass is 32.2. The molecule has 0 aromatic carbocycles. The van der Waals surface area contributed by atoms with Crippen molar-refractivity contribution in [2.45, 2.75) is 17.9 Å². The second kappa shape index (κ2) is 5.65. The van der Waals surface area contributed by atoms with E-state index in [1.54, 1.807) is 0 Å². The minimum Gasteiger partial charge on any atom is -0.477 e. The third-order valence-corrected chi connectivity index (χ3v) is 4.89. The number of aryl methyl sites for hydroxylation is 1. The molecule has 8 nitrogen and oxygen atoms in total. The van der Waals surface area contributed by atoms with Crippen molar-refractivity contribution in [2.75, 3.05) is 6.54 Å². The number of aromatic carboxylic acids is 1. The second-order valence-electron chi connectivity index (χ2n) is 3.61. The Morgan fingerprint density at radius 1 is 1.53 bits per heavy atom. The van der Waals surface area contributed by atoms with Crippen LogP contribution in [0.15, 0.2) is 11.0 Å². The highest BCUT2D eigenvalue weighted by Crippen LogP contribution is 2.25. The third kappa shape index (κ3) is 3.73. The Morgan fingerprint density at radius 2 is 2.11 bits per heavy atom. The summed E-state index contributed by atoms with van der Waals surface area (Å²) < 4.78 is 25.7. The molecule has 0 aliphatic carbocycles. The van der Waals surface area contributed by atoms with Gasteiger partial charge >= 0.3 is 5.97 Å². The molecule has 0 aliphatic heterocycles. The molecule has 0 bridgehead atoms. The molecular weight excluding hydrogens is 296 g/mol. The Kier molecular flexibility index (Phi) is 4.63. The van der Waals surface area contributed by atoms with Gasteiger partial charge in [-0.2, -0.15) is 0 Å². The van der Waals surface area contributed by atoms with Gasteiger partial charge in [-0.15, -0.1) is 11.3 Å². The first-order valence-electron chi connectivity index (χ1n) is 4.96. The number of aliphatic hydroxyl groups is 1. The van der Waals surface area contributed by atoms with E-state index < -0.39 is 34.5 Å². The van der Waals surface area contributed by atoms with Crippen LogP contribution in [0.4, 0.5) is 0 Å². The molecule has 1 unspecified atom stereocenters. The number of rotatable bonds is 6. The van der Waals surface area contributed by atoms with Gasteiger partial charge in [-0.25, -0.2) is 17.9 Å². The lowest BCUT2D eigenvalue weighted by atomic mass is 10.3. The molecule has 106 valence electrons. The number of carbonyl (C=O) groups is 2. The Hall–Kier alpha value is -1.49. The number of sulfonamides is 1. The minimum atomic E-state index is -4.00. The maximum atomic E-state index is 11.9. The van der Waals surface area contributed by atoms with Gasteiger partial charge in [-0.05, 0) is 13.0 Å². The van der Waals surface area contributed by atoms with Crippen LogP contribution in [0.3, 0.4) is 0 Å². The number of amides is 1. The van der Waals surface area contributed by atoms with Crippen molar-refractivity contribution in [3.63, 3.8) is 0 Å². The van der Waals surface area contributed by atoms with Gasteiger partial charge in [0.1, 0.15) is 11.0 Å². The fraction of sp³-hybridized carbons (Fsp3) is 0.333. The summed E-state index contributed by atoms with van der Waals surface area (Å²) in [5.74, 6) is -2.29. The first kappa shape index (κ1) is 15.6. The van der Waals surface area contributed by atoms with Crippen molar-refractivity contribution < 1.29 is 28.2 Å². The Bertz CT molecular complexity index is 606. The van der Waals surface area contributed by atoms with Crippen molar-refractivity contribution in [3.05, 3.63) is 15.8 Å². The fourth-order valence-corrected chi connectivity index (χ4v) is 3.67. The van der Waals surface area contributed by atoms with Gasteiger partial charge in [0.2, 0.25) is 15.9 Å². The van der Waals surface area contributed by atoms with Gasteiger partial charge in [-0.1, -0.05) is 0 Å². The normalized spacial score (nSPS) is 13.2. The zero-order valence-electron chi connectivity index (χ0n) is 9.78. The van der Waals surface area contributed by atoms with E-state index in [0.29, 0.717) is 4.88 Å². The Morgan fingerprint density at radius 3 is 2.53 bits per heavy atom. The van der Waals surface area contributed by atoms with Gasteiger partial charge in [0.25, 0.3) is 0 Å². The molecule has 10 heteroatoms. The summed E-state index contributed by atoms with van der Waals surface area (Å²) in [5, 5.41) is 17.9. The van der Waals surface area contributed by atoms with Crippen molar-refractivity contribution in [1.29, 1.82) is 0 Å². The predicted molar refractivity (Wildman–Crippen MR) is 66.4 cm³/mol. The average molecular weight is 308 g/mol. The van der Waals surface area contributed by atoms with E-state index in [-0.39, 0.29) is 9.77 Å². The van der Waals surface area contributed by atoms with E-state index in [2.05, 4.69) is 0 Å². The molecule has 1 aromatic rings. The number of nitrogens with one attached hydrogen (secondary N) is 1. The van der Waals surface area contributed by atoms with Gasteiger partial charge in [-0.3, -0.25) is 4.79 Å². The number of primary amides is 1. The van der Waals surface area contributed by atoms with E-state index in [0.717, 1.165) is 17.4 Å². The summed E-state index contributed by atoms with van der Waals surface area (Å²) in [6.45, 7) is 0.880. The molecule has 1 amide bonds. The van der Waals surface area contributed by atoms with E-state index >= 15 is 0 Å². The summed E-state index contributed by atoms with van der Waals surface area (Å²) in [7, 11) is -4.00. The van der Waals surface area contributed by atoms with Crippen molar-refractivity contribution >= 4 is 33.2 Å². The van der Waals surface area contributed by atoms with E-state index in [9.17, 15) is 18.0 Å². The summed E-state index contributed by atoms with van der Waals surface area (Å²) in [6, 6.07) is 1.02. The average Bonchev–Trinajstić information content (AvgIpc) is 2.69. The predicted octanol–water partition coefficient (Wildman–Crippen LogP) is -1.12. The van der Waals surface area contributed by atoms with Crippen LogP contribution in [0, 0.1) is 6.92 Å². The molecule has 0 saturated heterocycles. The van der Waals surface area contributed by atoms with Gasteiger partial charge in [0.15, 0.2) is 0 Å². The number of carboxylic acid groups (broad SMARTS) is 1. The van der Waals surface area contributed by atoms with Crippen LogP contribution in [-0.4, -0.2) is 43.2 Å². The van der Waals surface area contributed by atoms with Crippen LogP contribution in [0.2, 0.25) is 0 Å². The van der Waals surface area contributed by atoms with Gasteiger partial charge < -0.3 is 15.9 Å². The molecule has 0 spiro atoms. The highest BCUT2D eigenvalue weighted by Gasteiger charge is 2.23. The summed E-state index contributed by atoms with van der Waals surface area (Å²) in [5.41, 5.74) is 4.78. The summed E-state index contributed by atoms with van der Waals surface area (Å²) in [6.07, 6.45) is -1.65. The number of hydrogen-bond acceptors (Lipinski definition) is 6. The number of hydrogen-bond donors (Lipinski definition) is 4. The molecular formula is C9H12N2O6S2. The standard InChI is InChI=1S/C9H12N2O6S2/c1-4-7(2-6(18-4)9(14)15)19(16,17)11-3-5(12)8(10)13/h2,5,11-12H,3H2,1H3,(H2,10,13)(H,14,15). The molecule has 0 fully saturated rings. The molecule has 1 heterocycles. The van der Waals surface area contributed by atoms with Crippen LogP contribution in [0.1, 0.15) is 14.5 Å². The maximum absolute atomic E-state index is 11.9. The van der Waals surface area contributed by atoms with Gasteiger partial charge in [0, 0.05) is 11.4 Å². The van der Waals surface area contributed by atoms with E-state index in [1.807, 2.05) is 4.72 Å². The lowest BCUT2D eigenvalue weighted by Gasteiger charge is -2.08. The lowest BCUT2D eigenvalue weighted by molar-refractivity contribution is -0.125.